The van der Waals surface area contributed by atoms with E-state index in [4.69, 9.17) is 14.6 Å². The number of hydrogen-bond donors (Lipinski definition) is 2. The number of nitrogens with one attached hydrogen (secondary N) is 1. The highest BCUT2D eigenvalue weighted by molar-refractivity contribution is 7.14. The molecule has 106 valence electrons. The van der Waals surface area contributed by atoms with E-state index in [1.807, 2.05) is 0 Å². The molecular formula is C12H13N3O4S. The molecule has 0 saturated carbocycles. The van der Waals surface area contributed by atoms with Crippen molar-refractivity contribution >= 4 is 22.4 Å². The lowest BCUT2D eigenvalue weighted by Crippen LogP contribution is -2.05. The predicted molar refractivity (Wildman–Crippen MR) is 75.0 cm³/mol. The van der Waals surface area contributed by atoms with Gasteiger partial charge < -0.3 is 19.9 Å². The Bertz CT molecular complexity index is 642. The number of rotatable bonds is 5. The van der Waals surface area contributed by atoms with Gasteiger partial charge in [-0.05, 0) is 0 Å². The quantitative estimate of drug-likeness (QED) is 0.870. The monoisotopic (exact) mass is 295 g/mol. The molecule has 7 nitrogen and oxygen atoms in total. The number of pyridine rings is 1. The predicted octanol–water partition coefficient (Wildman–Crippen LogP) is 1.96. The number of thiazole rings is 1. The number of ether oxygens (including phenoxy) is 2. The number of carboxylic acids is 1. The van der Waals surface area contributed by atoms with Gasteiger partial charge in [-0.25, -0.2) is 14.8 Å². The van der Waals surface area contributed by atoms with Gasteiger partial charge >= 0.3 is 5.97 Å². The maximum absolute atomic E-state index is 11.1. The van der Waals surface area contributed by atoms with E-state index in [0.29, 0.717) is 28.0 Å². The zero-order valence-electron chi connectivity index (χ0n) is 11.1. The topological polar surface area (TPSA) is 93.6 Å². The molecule has 0 saturated heterocycles. The summed E-state index contributed by atoms with van der Waals surface area (Å²) in [4.78, 5) is 19.5. The first-order valence-corrected chi connectivity index (χ1v) is 6.48. The second-order valence-electron chi connectivity index (χ2n) is 3.68. The van der Waals surface area contributed by atoms with E-state index >= 15 is 0 Å². The molecule has 0 atom stereocenters. The summed E-state index contributed by atoms with van der Waals surface area (Å²) in [7, 11) is 4.66. The molecular weight excluding hydrogens is 282 g/mol. The van der Waals surface area contributed by atoms with Crippen LogP contribution in [0.3, 0.4) is 0 Å². The second kappa shape index (κ2) is 5.74. The third-order valence-corrected chi connectivity index (χ3v) is 3.40. The van der Waals surface area contributed by atoms with Crippen LogP contribution in [0.1, 0.15) is 10.5 Å². The van der Waals surface area contributed by atoms with Crippen molar-refractivity contribution in [1.82, 2.24) is 9.97 Å². The minimum absolute atomic E-state index is 0.128. The zero-order chi connectivity index (χ0) is 14.7. The Hall–Kier alpha value is -2.35. The number of methoxy groups -OCH3 is 2. The van der Waals surface area contributed by atoms with Crippen LogP contribution in [0.5, 0.6) is 11.5 Å². The van der Waals surface area contributed by atoms with Crippen molar-refractivity contribution < 1.29 is 19.4 Å². The zero-order valence-corrected chi connectivity index (χ0v) is 11.9. The number of carboxylic acid groups (broad SMARTS) is 1. The first-order chi connectivity index (χ1) is 9.60. The van der Waals surface area contributed by atoms with Gasteiger partial charge in [-0.3, -0.25) is 0 Å². The first-order valence-electron chi connectivity index (χ1n) is 5.60. The van der Waals surface area contributed by atoms with Crippen LogP contribution >= 0.6 is 11.3 Å². The number of aromatic nitrogens is 2. The molecule has 0 spiro atoms. The van der Waals surface area contributed by atoms with Gasteiger partial charge in [-0.1, -0.05) is 0 Å². The van der Waals surface area contributed by atoms with Gasteiger partial charge in [-0.15, -0.1) is 11.3 Å². The first kappa shape index (κ1) is 14.1. The van der Waals surface area contributed by atoms with Crippen molar-refractivity contribution in [2.24, 2.45) is 0 Å². The fraction of sp³-hybridized carbons (Fsp3) is 0.250. The van der Waals surface area contributed by atoms with E-state index in [1.165, 1.54) is 31.6 Å². The molecule has 0 aliphatic carbocycles. The number of aromatic carboxylic acids is 1. The normalized spacial score (nSPS) is 10.2. The second-order valence-corrected chi connectivity index (χ2v) is 4.54. The molecule has 8 heteroatoms. The number of nitrogens with zero attached hydrogens (tertiary/aromatic N) is 2. The van der Waals surface area contributed by atoms with E-state index in [0.717, 1.165) is 0 Å². The van der Waals surface area contributed by atoms with E-state index in [9.17, 15) is 4.79 Å². The smallest absolute Gasteiger partial charge is 0.354 e. The molecule has 2 N–H and O–H groups in total. The van der Waals surface area contributed by atoms with Gasteiger partial charge in [0.1, 0.15) is 11.4 Å². The number of anilines is 1. The Labute approximate surface area is 119 Å². The molecule has 0 aliphatic heterocycles. The molecule has 2 aromatic heterocycles. The maximum atomic E-state index is 11.1. The summed E-state index contributed by atoms with van der Waals surface area (Å²) in [5, 5.41) is 14.5. The lowest BCUT2D eigenvalue weighted by atomic mass is 10.2. The Morgan fingerprint density at radius 1 is 1.35 bits per heavy atom. The summed E-state index contributed by atoms with van der Waals surface area (Å²) in [6.07, 6.45) is 0. The van der Waals surface area contributed by atoms with Gasteiger partial charge in [0.2, 0.25) is 0 Å². The van der Waals surface area contributed by atoms with Crippen LogP contribution in [0.25, 0.3) is 11.4 Å². The minimum Gasteiger partial charge on any atom is -0.493 e. The summed E-state index contributed by atoms with van der Waals surface area (Å²) in [6, 6.07) is 1.32. The lowest BCUT2D eigenvalue weighted by Gasteiger charge is -2.11. The van der Waals surface area contributed by atoms with Gasteiger partial charge in [0.05, 0.1) is 14.2 Å². The summed E-state index contributed by atoms with van der Waals surface area (Å²) in [6.45, 7) is 0. The average molecular weight is 295 g/mol. The van der Waals surface area contributed by atoms with Gasteiger partial charge in [0.25, 0.3) is 0 Å². The Morgan fingerprint density at radius 2 is 2.10 bits per heavy atom. The van der Waals surface area contributed by atoms with Crippen molar-refractivity contribution in [3.63, 3.8) is 0 Å². The van der Waals surface area contributed by atoms with Crippen LogP contribution in [0.15, 0.2) is 11.4 Å². The molecule has 0 radical (unpaired) electrons. The molecule has 2 rings (SSSR count). The van der Waals surface area contributed by atoms with Crippen molar-refractivity contribution in [3.8, 4) is 22.9 Å². The van der Waals surface area contributed by atoms with Crippen molar-refractivity contribution in [1.29, 1.82) is 0 Å². The summed E-state index contributed by atoms with van der Waals surface area (Å²) in [5.41, 5.74) is 0.733. The summed E-state index contributed by atoms with van der Waals surface area (Å²) >= 11 is 1.39. The highest BCUT2D eigenvalue weighted by Crippen LogP contribution is 2.38. The van der Waals surface area contributed by atoms with Crippen molar-refractivity contribution in [2.75, 3.05) is 26.6 Å². The van der Waals surface area contributed by atoms with E-state index in [2.05, 4.69) is 15.3 Å². The van der Waals surface area contributed by atoms with E-state index in [-0.39, 0.29) is 5.69 Å². The Kier molecular flexibility index (Phi) is 4.04. The van der Waals surface area contributed by atoms with Crippen LogP contribution in [0.2, 0.25) is 0 Å². The van der Waals surface area contributed by atoms with Gasteiger partial charge in [-0.2, -0.15) is 0 Å². The number of hydrogen-bond acceptors (Lipinski definition) is 7. The van der Waals surface area contributed by atoms with Crippen LogP contribution in [0.4, 0.5) is 5.13 Å². The molecule has 2 aromatic rings. The highest BCUT2D eigenvalue weighted by Gasteiger charge is 2.20. The highest BCUT2D eigenvalue weighted by atomic mass is 32.1. The van der Waals surface area contributed by atoms with Crippen LogP contribution in [-0.2, 0) is 0 Å². The maximum Gasteiger partial charge on any atom is 0.354 e. The average Bonchev–Trinajstić information content (AvgIpc) is 2.94. The minimum atomic E-state index is -1.14. The molecule has 0 amide bonds. The largest absolute Gasteiger partial charge is 0.493 e. The molecule has 0 bridgehead atoms. The third-order valence-electron chi connectivity index (χ3n) is 2.54. The molecule has 0 unspecified atom stereocenters. The van der Waals surface area contributed by atoms with Crippen molar-refractivity contribution in [2.45, 2.75) is 0 Å². The van der Waals surface area contributed by atoms with Gasteiger partial charge in [0, 0.05) is 18.5 Å². The molecule has 0 aliphatic rings. The Balaban J connectivity index is 2.65. The fourth-order valence-electron chi connectivity index (χ4n) is 1.64. The fourth-order valence-corrected chi connectivity index (χ4v) is 2.30. The molecule has 20 heavy (non-hydrogen) atoms. The van der Waals surface area contributed by atoms with Crippen molar-refractivity contribution in [3.05, 3.63) is 17.1 Å². The van der Waals surface area contributed by atoms with Crippen LogP contribution in [-0.4, -0.2) is 42.3 Å². The standard InChI is InChI=1S/C12H13N3O4S/c1-13-12-15-7(5-20-12)9-10(19-3)8(18-2)4-6(14-9)11(16)17/h4-5H,1-3H3,(H,13,15)(H,16,17). The lowest BCUT2D eigenvalue weighted by molar-refractivity contribution is 0.0690. The third kappa shape index (κ3) is 2.50. The van der Waals surface area contributed by atoms with Gasteiger partial charge in [0.15, 0.2) is 22.3 Å². The molecule has 0 fully saturated rings. The number of carbonyl (C=O) groups is 1. The molecule has 0 aromatic carbocycles. The summed E-state index contributed by atoms with van der Waals surface area (Å²) in [5.74, 6) is -0.490. The van der Waals surface area contributed by atoms with E-state index < -0.39 is 5.97 Å². The molecule has 2 heterocycles. The van der Waals surface area contributed by atoms with Crippen LogP contribution in [0, 0.1) is 0 Å². The van der Waals surface area contributed by atoms with Crippen LogP contribution < -0.4 is 14.8 Å². The Morgan fingerprint density at radius 3 is 2.60 bits per heavy atom. The summed E-state index contributed by atoms with van der Waals surface area (Å²) < 4.78 is 10.4. The van der Waals surface area contributed by atoms with E-state index in [1.54, 1.807) is 12.4 Å². The SMILES string of the molecule is CNc1nc(-c2nc(C(=O)O)cc(OC)c2OC)cs1.